The monoisotopic (exact) mass is 414 g/mol. The predicted molar refractivity (Wildman–Crippen MR) is 111 cm³/mol. The van der Waals surface area contributed by atoms with E-state index < -0.39 is 7.82 Å². The SMILES string of the molecule is CC(C)C1=CC2CCC3C(C)(COCCOP(=O)(O)O)CCCC3(C)C2CC1. The van der Waals surface area contributed by atoms with Gasteiger partial charge in [0, 0.05) is 0 Å². The summed E-state index contributed by atoms with van der Waals surface area (Å²) in [6.07, 6.45) is 11.5. The van der Waals surface area contributed by atoms with Crippen LogP contribution in [0.25, 0.3) is 0 Å². The quantitative estimate of drug-likeness (QED) is 0.335. The summed E-state index contributed by atoms with van der Waals surface area (Å²) in [5.41, 5.74) is 2.18. The van der Waals surface area contributed by atoms with Gasteiger partial charge in [0.05, 0.1) is 19.8 Å². The molecule has 2 N–H and O–H groups in total. The maximum absolute atomic E-state index is 10.8. The van der Waals surface area contributed by atoms with Gasteiger partial charge in [-0.2, -0.15) is 0 Å². The Labute approximate surface area is 170 Å². The summed E-state index contributed by atoms with van der Waals surface area (Å²) in [5.74, 6) is 2.86. The number of phosphoric acid groups is 1. The molecule has 3 rings (SSSR count). The van der Waals surface area contributed by atoms with E-state index in [1.54, 1.807) is 5.57 Å². The van der Waals surface area contributed by atoms with Gasteiger partial charge >= 0.3 is 7.82 Å². The summed E-state index contributed by atoms with van der Waals surface area (Å²) in [6, 6.07) is 0. The Hall–Kier alpha value is -0.190. The van der Waals surface area contributed by atoms with Gasteiger partial charge in [-0.25, -0.2) is 4.57 Å². The maximum Gasteiger partial charge on any atom is 0.469 e. The molecule has 2 fully saturated rings. The van der Waals surface area contributed by atoms with Gasteiger partial charge in [0.1, 0.15) is 0 Å². The van der Waals surface area contributed by atoms with Gasteiger partial charge in [0.2, 0.25) is 0 Å². The number of fused-ring (bicyclic) bond motifs is 3. The molecule has 2 saturated carbocycles. The molecule has 0 aromatic rings. The van der Waals surface area contributed by atoms with Gasteiger partial charge in [0.15, 0.2) is 0 Å². The Morgan fingerprint density at radius 3 is 2.61 bits per heavy atom. The molecule has 3 aliphatic rings. The molecule has 0 aliphatic heterocycles. The first kappa shape index (κ1) is 22.5. The number of allylic oxidation sites excluding steroid dienone is 2. The molecule has 0 heterocycles. The van der Waals surface area contributed by atoms with Crippen LogP contribution in [0.4, 0.5) is 0 Å². The predicted octanol–water partition coefficient (Wildman–Crippen LogP) is 5.33. The van der Waals surface area contributed by atoms with Crippen LogP contribution in [0.2, 0.25) is 0 Å². The second kappa shape index (κ2) is 8.51. The lowest BCUT2D eigenvalue weighted by Gasteiger charge is -2.61. The fourth-order valence-corrected chi connectivity index (χ4v) is 7.10. The Bertz CT molecular complexity index is 626. The molecule has 28 heavy (non-hydrogen) atoms. The summed E-state index contributed by atoms with van der Waals surface area (Å²) in [7, 11) is -4.40. The van der Waals surface area contributed by atoms with Gasteiger partial charge in [-0.1, -0.05) is 45.8 Å². The van der Waals surface area contributed by atoms with Crippen molar-refractivity contribution in [3.8, 4) is 0 Å². The van der Waals surface area contributed by atoms with Crippen LogP contribution in [0.3, 0.4) is 0 Å². The fourth-order valence-electron chi connectivity index (χ4n) is 6.79. The topological polar surface area (TPSA) is 76.0 Å². The van der Waals surface area contributed by atoms with Crippen molar-refractivity contribution in [2.45, 2.75) is 72.6 Å². The van der Waals surface area contributed by atoms with E-state index in [0.29, 0.717) is 23.9 Å². The molecule has 3 aliphatic carbocycles. The lowest BCUT2D eigenvalue weighted by Crippen LogP contribution is -2.54. The highest BCUT2D eigenvalue weighted by molar-refractivity contribution is 7.46. The number of ether oxygens (including phenoxy) is 1. The first-order valence-electron chi connectivity index (χ1n) is 11.0. The van der Waals surface area contributed by atoms with Crippen LogP contribution in [-0.4, -0.2) is 29.6 Å². The standard InChI is InChI=1S/C22H39O5P/c1-16(2)17-6-8-19-18(14-17)7-9-20-21(3,10-5-11-22(19,20)4)15-26-12-13-27-28(23,24)25/h14,16,18-20H,5-13,15H2,1-4H3,(H2,23,24,25). The number of hydrogen-bond donors (Lipinski definition) is 2. The van der Waals surface area contributed by atoms with Crippen molar-refractivity contribution in [2.24, 2.45) is 34.5 Å². The second-order valence-electron chi connectivity index (χ2n) is 10.2. The van der Waals surface area contributed by atoms with Crippen LogP contribution in [0.1, 0.15) is 72.6 Å². The Balaban J connectivity index is 1.65. The fraction of sp³-hybridized carbons (Fsp3) is 0.909. The largest absolute Gasteiger partial charge is 0.469 e. The summed E-state index contributed by atoms with van der Waals surface area (Å²) >= 11 is 0. The molecule has 0 spiro atoms. The smallest absolute Gasteiger partial charge is 0.378 e. The number of rotatable bonds is 7. The zero-order chi connectivity index (χ0) is 20.6. The Morgan fingerprint density at radius 1 is 1.18 bits per heavy atom. The van der Waals surface area contributed by atoms with Crippen LogP contribution >= 0.6 is 7.82 Å². The van der Waals surface area contributed by atoms with E-state index in [4.69, 9.17) is 14.5 Å². The first-order chi connectivity index (χ1) is 13.1. The average molecular weight is 415 g/mol. The molecule has 0 aromatic carbocycles. The third-order valence-corrected chi connectivity index (χ3v) is 8.60. The van der Waals surface area contributed by atoms with Crippen LogP contribution in [0.15, 0.2) is 11.6 Å². The lowest BCUT2D eigenvalue weighted by atomic mass is 9.45. The van der Waals surface area contributed by atoms with Crippen LogP contribution in [-0.2, 0) is 13.8 Å². The number of phosphoric ester groups is 1. The average Bonchev–Trinajstić information content (AvgIpc) is 2.60. The molecule has 0 aromatic heterocycles. The normalized spacial score (nSPS) is 38.7. The maximum atomic E-state index is 10.8. The Kier molecular flexibility index (Phi) is 6.84. The van der Waals surface area contributed by atoms with Crippen molar-refractivity contribution in [1.82, 2.24) is 0 Å². The zero-order valence-electron chi connectivity index (χ0n) is 18.0. The molecule has 162 valence electrons. The minimum Gasteiger partial charge on any atom is -0.378 e. The van der Waals surface area contributed by atoms with Crippen molar-refractivity contribution < 1.29 is 23.6 Å². The van der Waals surface area contributed by atoms with Gasteiger partial charge in [-0.05, 0) is 73.0 Å². The third kappa shape index (κ3) is 4.75. The minimum absolute atomic E-state index is 0.0598. The molecule has 0 radical (unpaired) electrons. The van der Waals surface area contributed by atoms with E-state index in [1.165, 1.54) is 44.9 Å². The Morgan fingerprint density at radius 2 is 1.93 bits per heavy atom. The van der Waals surface area contributed by atoms with Crippen molar-refractivity contribution in [3.63, 3.8) is 0 Å². The summed E-state index contributed by atoms with van der Waals surface area (Å²) in [5, 5.41) is 0. The summed E-state index contributed by atoms with van der Waals surface area (Å²) in [4.78, 5) is 17.6. The highest BCUT2D eigenvalue weighted by atomic mass is 31.2. The van der Waals surface area contributed by atoms with Crippen molar-refractivity contribution >= 4 is 7.82 Å². The molecular weight excluding hydrogens is 375 g/mol. The summed E-state index contributed by atoms with van der Waals surface area (Å²) in [6.45, 7) is 10.4. The minimum atomic E-state index is -4.40. The molecule has 0 bridgehead atoms. The highest BCUT2D eigenvalue weighted by Crippen LogP contribution is 2.63. The molecule has 6 heteroatoms. The number of hydrogen-bond acceptors (Lipinski definition) is 3. The molecule has 5 nitrogen and oxygen atoms in total. The molecule has 5 unspecified atom stereocenters. The van der Waals surface area contributed by atoms with E-state index in [-0.39, 0.29) is 18.6 Å². The van der Waals surface area contributed by atoms with Crippen LogP contribution in [0.5, 0.6) is 0 Å². The van der Waals surface area contributed by atoms with Crippen LogP contribution < -0.4 is 0 Å². The zero-order valence-corrected chi connectivity index (χ0v) is 18.9. The molecule has 5 atom stereocenters. The van der Waals surface area contributed by atoms with Gasteiger partial charge in [-0.15, -0.1) is 0 Å². The third-order valence-electron chi connectivity index (χ3n) is 8.09. The van der Waals surface area contributed by atoms with E-state index >= 15 is 0 Å². The first-order valence-corrected chi connectivity index (χ1v) is 12.6. The van der Waals surface area contributed by atoms with Crippen molar-refractivity contribution in [3.05, 3.63) is 11.6 Å². The van der Waals surface area contributed by atoms with E-state index in [9.17, 15) is 4.57 Å². The van der Waals surface area contributed by atoms with E-state index in [0.717, 1.165) is 11.8 Å². The lowest BCUT2D eigenvalue weighted by molar-refractivity contribution is -0.127. The van der Waals surface area contributed by atoms with Crippen molar-refractivity contribution in [1.29, 1.82) is 0 Å². The van der Waals surface area contributed by atoms with Crippen molar-refractivity contribution in [2.75, 3.05) is 19.8 Å². The molecule has 0 saturated heterocycles. The van der Waals surface area contributed by atoms with E-state index in [2.05, 4.69) is 38.3 Å². The summed E-state index contributed by atoms with van der Waals surface area (Å²) < 4.78 is 21.2. The molecular formula is C22H39O5P. The van der Waals surface area contributed by atoms with Gasteiger partial charge in [-0.3, -0.25) is 4.52 Å². The van der Waals surface area contributed by atoms with Crippen LogP contribution in [0, 0.1) is 34.5 Å². The second-order valence-corrected chi connectivity index (χ2v) is 11.5. The van der Waals surface area contributed by atoms with Gasteiger partial charge in [0.25, 0.3) is 0 Å². The van der Waals surface area contributed by atoms with Gasteiger partial charge < -0.3 is 14.5 Å². The molecule has 0 amide bonds. The van der Waals surface area contributed by atoms with E-state index in [1.807, 2.05) is 0 Å². The highest BCUT2D eigenvalue weighted by Gasteiger charge is 2.56.